The second kappa shape index (κ2) is 9.58. The zero-order valence-corrected chi connectivity index (χ0v) is 22.5. The van der Waals surface area contributed by atoms with Gasteiger partial charge in [-0.1, -0.05) is 48.5 Å². The summed E-state index contributed by atoms with van der Waals surface area (Å²) in [5.41, 5.74) is 2.17. The molecule has 0 unspecified atom stereocenters. The molecule has 0 saturated carbocycles. The zero-order chi connectivity index (χ0) is 28.1. The number of hydrogen-bond donors (Lipinski definition) is 1. The van der Waals surface area contributed by atoms with Crippen molar-refractivity contribution in [2.45, 2.75) is 17.5 Å². The van der Waals surface area contributed by atoms with Gasteiger partial charge in [-0.05, 0) is 64.5 Å². The summed E-state index contributed by atoms with van der Waals surface area (Å²) in [7, 11) is 0. The van der Waals surface area contributed by atoms with E-state index in [9.17, 15) is 14.4 Å². The molecule has 7 rings (SSSR count). The standard InChI is InChI=1S/C33H23N3O4S/c34-16-18-40-22-13-11-21(12-14-22)29(37)27-28(30(38)26-10-5-19-41-26)36-17-15-20-6-1-2-7-23(20)31(36)33(27)24-8-3-4-9-25(24)35-32(33)39/h1-15,17,19,27-28,31H,18H2,(H,35,39)/t27-,28+,31-,33-/m0/s1. The predicted molar refractivity (Wildman–Crippen MR) is 155 cm³/mol. The number of benzene rings is 3. The molecule has 3 aliphatic rings. The molecule has 0 radical (unpaired) electrons. The SMILES string of the molecule is N#CCOc1ccc(C(=O)[C@@H]2[C@H](C(=O)c3cccs3)N3C=Cc4ccccc4[C@H]3[C@@]23C(=O)Nc2ccccc23)cc1. The molecule has 8 heteroatoms. The molecular weight excluding hydrogens is 534 g/mol. The smallest absolute Gasteiger partial charge is 0.238 e. The summed E-state index contributed by atoms with van der Waals surface area (Å²) in [6.45, 7) is -0.115. The lowest BCUT2D eigenvalue weighted by Gasteiger charge is -2.38. The van der Waals surface area contributed by atoms with Crippen molar-refractivity contribution in [3.05, 3.63) is 124 Å². The Balaban J connectivity index is 1.48. The normalized spacial score (nSPS) is 23.3. The molecule has 1 saturated heterocycles. The molecule has 1 N–H and O–H groups in total. The van der Waals surface area contributed by atoms with E-state index in [0.717, 1.165) is 11.1 Å². The summed E-state index contributed by atoms with van der Waals surface area (Å²) in [6, 6.07) is 25.8. The lowest BCUT2D eigenvalue weighted by Crippen LogP contribution is -2.49. The molecule has 7 nitrogen and oxygen atoms in total. The highest BCUT2D eigenvalue weighted by molar-refractivity contribution is 7.12. The number of nitrogens with zero attached hydrogens (tertiary/aromatic N) is 2. The first kappa shape index (κ1) is 25.0. The molecule has 3 aliphatic heterocycles. The van der Waals surface area contributed by atoms with Gasteiger partial charge in [-0.2, -0.15) is 5.26 Å². The van der Waals surface area contributed by atoms with Gasteiger partial charge in [-0.3, -0.25) is 14.4 Å². The number of anilines is 1. The fourth-order valence-corrected chi connectivity index (χ4v) is 7.44. The third kappa shape index (κ3) is 3.59. The van der Waals surface area contributed by atoms with Gasteiger partial charge in [0.2, 0.25) is 5.91 Å². The number of carbonyl (C=O) groups is 3. The molecule has 200 valence electrons. The van der Waals surface area contributed by atoms with Crippen LogP contribution < -0.4 is 10.1 Å². The van der Waals surface area contributed by atoms with E-state index in [1.807, 2.05) is 83.2 Å². The molecule has 1 spiro atoms. The van der Waals surface area contributed by atoms with Crippen LogP contribution in [-0.4, -0.2) is 35.0 Å². The molecule has 1 fully saturated rings. The number of rotatable bonds is 6. The van der Waals surface area contributed by atoms with Crippen LogP contribution in [0.25, 0.3) is 6.08 Å². The fourth-order valence-electron chi connectivity index (χ4n) is 6.74. The zero-order valence-electron chi connectivity index (χ0n) is 21.7. The van der Waals surface area contributed by atoms with Gasteiger partial charge in [0, 0.05) is 17.5 Å². The Kier molecular flexibility index (Phi) is 5.84. The molecule has 4 atom stereocenters. The maximum absolute atomic E-state index is 14.8. The summed E-state index contributed by atoms with van der Waals surface area (Å²) < 4.78 is 5.39. The summed E-state index contributed by atoms with van der Waals surface area (Å²) in [5.74, 6) is -1.39. The summed E-state index contributed by atoms with van der Waals surface area (Å²) in [5, 5.41) is 13.8. The molecule has 0 aliphatic carbocycles. The number of ether oxygens (including phenoxy) is 1. The monoisotopic (exact) mass is 557 g/mol. The number of amides is 1. The van der Waals surface area contributed by atoms with Gasteiger partial charge in [-0.15, -0.1) is 11.3 Å². The van der Waals surface area contributed by atoms with Crippen LogP contribution in [0, 0.1) is 17.2 Å². The highest BCUT2D eigenvalue weighted by Gasteiger charge is 2.70. The first-order chi connectivity index (χ1) is 20.1. The van der Waals surface area contributed by atoms with Crippen molar-refractivity contribution in [3.63, 3.8) is 0 Å². The van der Waals surface area contributed by atoms with Crippen LogP contribution in [-0.2, 0) is 10.2 Å². The number of nitriles is 1. The van der Waals surface area contributed by atoms with Crippen LogP contribution in [0.3, 0.4) is 0 Å². The first-order valence-corrected chi connectivity index (χ1v) is 14.1. The van der Waals surface area contributed by atoms with Crippen LogP contribution in [0.5, 0.6) is 5.75 Å². The van der Waals surface area contributed by atoms with Gasteiger partial charge in [0.15, 0.2) is 18.2 Å². The molecule has 0 bridgehead atoms. The maximum atomic E-state index is 14.8. The summed E-state index contributed by atoms with van der Waals surface area (Å²) in [6.07, 6.45) is 3.81. The largest absolute Gasteiger partial charge is 0.479 e. The number of carbonyl (C=O) groups excluding carboxylic acids is 3. The van der Waals surface area contributed by atoms with E-state index in [4.69, 9.17) is 10.00 Å². The average molecular weight is 558 g/mol. The number of ketones is 2. The fraction of sp³-hybridized carbons (Fsp3) is 0.152. The quantitative estimate of drug-likeness (QED) is 0.309. The van der Waals surface area contributed by atoms with Crippen LogP contribution in [0.15, 0.2) is 96.5 Å². The Hall–Kier alpha value is -5.00. The van der Waals surface area contributed by atoms with Crippen molar-refractivity contribution >= 4 is 40.6 Å². The van der Waals surface area contributed by atoms with Crippen molar-refractivity contribution in [2.24, 2.45) is 5.92 Å². The highest BCUT2D eigenvalue weighted by atomic mass is 32.1. The van der Waals surface area contributed by atoms with E-state index in [0.29, 0.717) is 27.4 Å². The number of para-hydroxylation sites is 1. The second-order valence-electron chi connectivity index (χ2n) is 10.3. The lowest BCUT2D eigenvalue weighted by molar-refractivity contribution is -0.122. The first-order valence-electron chi connectivity index (χ1n) is 13.2. The summed E-state index contributed by atoms with van der Waals surface area (Å²) >= 11 is 1.32. The Labute approximate surface area is 240 Å². The van der Waals surface area contributed by atoms with Crippen molar-refractivity contribution < 1.29 is 19.1 Å². The van der Waals surface area contributed by atoms with Crippen molar-refractivity contribution in [1.82, 2.24) is 4.90 Å². The minimum atomic E-state index is -1.37. The van der Waals surface area contributed by atoms with Crippen molar-refractivity contribution in [2.75, 3.05) is 11.9 Å². The Morgan fingerprint density at radius 2 is 1.76 bits per heavy atom. The van der Waals surface area contributed by atoms with Gasteiger partial charge in [0.1, 0.15) is 23.3 Å². The molecule has 3 aromatic carbocycles. The Morgan fingerprint density at radius 3 is 2.54 bits per heavy atom. The minimum Gasteiger partial charge on any atom is -0.479 e. The number of nitrogens with one attached hydrogen (secondary N) is 1. The summed E-state index contributed by atoms with van der Waals surface area (Å²) in [4.78, 5) is 46.0. The Morgan fingerprint density at radius 1 is 0.976 bits per heavy atom. The number of Topliss-reactive ketones (excluding diaryl/α,β-unsaturated/α-hetero) is 2. The van der Waals surface area contributed by atoms with Gasteiger partial charge >= 0.3 is 0 Å². The van der Waals surface area contributed by atoms with Crippen LogP contribution in [0.4, 0.5) is 5.69 Å². The molecule has 4 heterocycles. The van der Waals surface area contributed by atoms with Gasteiger partial charge < -0.3 is 15.0 Å². The number of hydrogen-bond acceptors (Lipinski definition) is 7. The van der Waals surface area contributed by atoms with E-state index in [1.165, 1.54) is 11.3 Å². The molecule has 1 aromatic heterocycles. The maximum Gasteiger partial charge on any atom is 0.238 e. The van der Waals surface area contributed by atoms with E-state index in [2.05, 4.69) is 5.32 Å². The highest BCUT2D eigenvalue weighted by Crippen LogP contribution is 2.62. The average Bonchev–Trinajstić information content (AvgIpc) is 3.72. The molecule has 1 amide bonds. The van der Waals surface area contributed by atoms with E-state index >= 15 is 0 Å². The van der Waals surface area contributed by atoms with Gasteiger partial charge in [-0.25, -0.2) is 0 Å². The minimum absolute atomic E-state index is 0.115. The van der Waals surface area contributed by atoms with E-state index in [1.54, 1.807) is 30.3 Å². The van der Waals surface area contributed by atoms with Crippen LogP contribution in [0.1, 0.15) is 42.8 Å². The molecule has 4 aromatic rings. The second-order valence-corrected chi connectivity index (χ2v) is 11.2. The molecule has 41 heavy (non-hydrogen) atoms. The third-order valence-electron chi connectivity index (χ3n) is 8.33. The lowest BCUT2D eigenvalue weighted by atomic mass is 9.63. The third-order valence-corrected chi connectivity index (χ3v) is 9.21. The van der Waals surface area contributed by atoms with Crippen LogP contribution >= 0.6 is 11.3 Å². The molecular formula is C33H23N3O4S. The van der Waals surface area contributed by atoms with E-state index < -0.39 is 23.4 Å². The number of thiophene rings is 1. The predicted octanol–water partition coefficient (Wildman–Crippen LogP) is 5.63. The number of fused-ring (bicyclic) bond motifs is 6. The van der Waals surface area contributed by atoms with Gasteiger partial charge in [0.05, 0.1) is 16.8 Å². The van der Waals surface area contributed by atoms with Crippen molar-refractivity contribution in [3.8, 4) is 11.8 Å². The Bertz CT molecular complexity index is 1770. The van der Waals surface area contributed by atoms with Crippen LogP contribution in [0.2, 0.25) is 0 Å². The van der Waals surface area contributed by atoms with Gasteiger partial charge in [0.25, 0.3) is 0 Å². The van der Waals surface area contributed by atoms with Crippen molar-refractivity contribution in [1.29, 1.82) is 5.26 Å². The topological polar surface area (TPSA) is 99.5 Å². The van der Waals surface area contributed by atoms with E-state index in [-0.39, 0.29) is 24.1 Å².